The number of nitrogens with zero attached hydrogens (tertiary/aromatic N) is 3. The zero-order valence-electron chi connectivity index (χ0n) is 24.3. The highest BCUT2D eigenvalue weighted by molar-refractivity contribution is 6.25. The number of fused-ring (bicyclic) bond motifs is 1. The van der Waals surface area contributed by atoms with E-state index in [4.69, 9.17) is 4.74 Å². The minimum absolute atomic E-state index is 0.0929. The summed E-state index contributed by atoms with van der Waals surface area (Å²) in [6, 6.07) is 13.2. The largest absolute Gasteiger partial charge is 0.380 e. The molecule has 0 radical (unpaired) electrons. The molecule has 3 unspecified atom stereocenters. The summed E-state index contributed by atoms with van der Waals surface area (Å²) in [6.07, 6.45) is 3.32. The highest BCUT2D eigenvalue weighted by atomic mass is 16.5. The number of likely N-dealkylation sites (N-methyl/N-ethyl adjacent to an activating group) is 1. The first-order valence-electron chi connectivity index (χ1n) is 15.1. The maximum atomic E-state index is 13.3. The van der Waals surface area contributed by atoms with Gasteiger partial charge in [0, 0.05) is 50.9 Å². The molecule has 3 saturated heterocycles. The Morgan fingerprint density at radius 2 is 1.74 bits per heavy atom. The zero-order valence-corrected chi connectivity index (χ0v) is 24.3. The molecule has 0 saturated carbocycles. The van der Waals surface area contributed by atoms with Gasteiger partial charge in [-0.1, -0.05) is 37.3 Å². The lowest BCUT2D eigenvalue weighted by molar-refractivity contribution is -0.136. The Balaban J connectivity index is 1.02. The van der Waals surface area contributed by atoms with Gasteiger partial charge in [-0.2, -0.15) is 0 Å². The number of likely N-dealkylation sites (tertiary alicyclic amines) is 1. The lowest BCUT2D eigenvalue weighted by atomic mass is 10.0. The number of rotatable bonds is 10. The van der Waals surface area contributed by atoms with Crippen LogP contribution in [0.4, 0.5) is 5.69 Å². The van der Waals surface area contributed by atoms with Gasteiger partial charge < -0.3 is 10.1 Å². The number of hydrogen-bond acceptors (Lipinski definition) is 8. The van der Waals surface area contributed by atoms with Gasteiger partial charge in [0.25, 0.3) is 11.8 Å². The SMILES string of the molecule is CCN(CC1CCC(C)O1)C1CN(Cc2ccc(CNc3cccc4c3C(=O)N(C3CCC(=O)NC3=O)C4=O)cc2)C1. The minimum Gasteiger partial charge on any atom is -0.380 e. The van der Waals surface area contributed by atoms with Crippen molar-refractivity contribution in [3.05, 3.63) is 64.7 Å². The number of carbonyl (C=O) groups excluding carboxylic acids is 4. The molecule has 10 nitrogen and oxygen atoms in total. The van der Waals surface area contributed by atoms with Crippen LogP contribution in [0.2, 0.25) is 0 Å². The first kappa shape index (κ1) is 28.5. The normalized spacial score (nSPS) is 24.7. The van der Waals surface area contributed by atoms with Gasteiger partial charge in [0.05, 0.1) is 23.3 Å². The molecule has 0 aromatic heterocycles. The van der Waals surface area contributed by atoms with Crippen LogP contribution in [0.25, 0.3) is 0 Å². The zero-order chi connectivity index (χ0) is 29.4. The summed E-state index contributed by atoms with van der Waals surface area (Å²) in [5.41, 5.74) is 3.40. The lowest BCUT2D eigenvalue weighted by Crippen LogP contribution is -2.59. The Hall–Kier alpha value is -3.60. The molecular weight excluding hydrogens is 534 g/mol. The van der Waals surface area contributed by atoms with Gasteiger partial charge in [0.2, 0.25) is 11.8 Å². The van der Waals surface area contributed by atoms with E-state index in [1.807, 2.05) is 0 Å². The number of benzene rings is 2. The molecule has 2 aromatic carbocycles. The first-order chi connectivity index (χ1) is 20.3. The van der Waals surface area contributed by atoms with Crippen molar-refractivity contribution in [2.45, 2.75) is 76.9 Å². The van der Waals surface area contributed by atoms with Crippen molar-refractivity contribution in [2.75, 3.05) is 31.5 Å². The fraction of sp³-hybridized carbons (Fsp3) is 0.500. The van der Waals surface area contributed by atoms with E-state index >= 15 is 0 Å². The van der Waals surface area contributed by atoms with Crippen molar-refractivity contribution in [1.82, 2.24) is 20.0 Å². The molecule has 4 aliphatic heterocycles. The summed E-state index contributed by atoms with van der Waals surface area (Å²) in [4.78, 5) is 56.4. The molecule has 42 heavy (non-hydrogen) atoms. The lowest BCUT2D eigenvalue weighted by Gasteiger charge is -2.46. The number of piperidine rings is 1. The summed E-state index contributed by atoms with van der Waals surface area (Å²) >= 11 is 0. The number of nitrogens with one attached hydrogen (secondary N) is 2. The molecule has 3 fully saturated rings. The molecule has 0 aliphatic carbocycles. The topological polar surface area (TPSA) is 111 Å². The second kappa shape index (κ2) is 11.9. The van der Waals surface area contributed by atoms with E-state index in [1.165, 1.54) is 12.0 Å². The van der Waals surface area contributed by atoms with E-state index < -0.39 is 29.7 Å². The molecule has 4 heterocycles. The third-order valence-electron chi connectivity index (χ3n) is 9.00. The predicted molar refractivity (Wildman–Crippen MR) is 157 cm³/mol. The Bertz CT molecular complexity index is 1370. The van der Waals surface area contributed by atoms with E-state index in [2.05, 4.69) is 58.5 Å². The number of amides is 4. The van der Waals surface area contributed by atoms with Gasteiger partial charge in [0.1, 0.15) is 6.04 Å². The summed E-state index contributed by atoms with van der Waals surface area (Å²) in [6.45, 7) is 10.0. The fourth-order valence-electron chi connectivity index (χ4n) is 6.60. The van der Waals surface area contributed by atoms with Crippen LogP contribution in [0, 0.1) is 0 Å². The first-order valence-corrected chi connectivity index (χ1v) is 15.1. The van der Waals surface area contributed by atoms with Crippen LogP contribution in [0.1, 0.15) is 71.4 Å². The van der Waals surface area contributed by atoms with Crippen molar-refractivity contribution in [1.29, 1.82) is 0 Å². The Labute approximate surface area is 246 Å². The number of carbonyl (C=O) groups is 4. The van der Waals surface area contributed by atoms with Crippen molar-refractivity contribution in [3.8, 4) is 0 Å². The fourth-order valence-corrected chi connectivity index (χ4v) is 6.60. The molecule has 2 aromatic rings. The van der Waals surface area contributed by atoms with E-state index in [9.17, 15) is 19.2 Å². The van der Waals surface area contributed by atoms with Crippen molar-refractivity contribution in [2.24, 2.45) is 0 Å². The third-order valence-corrected chi connectivity index (χ3v) is 9.00. The Morgan fingerprint density at radius 1 is 0.976 bits per heavy atom. The monoisotopic (exact) mass is 573 g/mol. The molecule has 4 aliphatic rings. The van der Waals surface area contributed by atoms with Crippen LogP contribution in [-0.2, 0) is 27.4 Å². The van der Waals surface area contributed by atoms with Gasteiger partial charge in [-0.3, -0.25) is 39.2 Å². The van der Waals surface area contributed by atoms with Crippen molar-refractivity contribution >= 4 is 29.3 Å². The number of imide groups is 2. The van der Waals surface area contributed by atoms with Gasteiger partial charge in [-0.05, 0) is 56.0 Å². The minimum atomic E-state index is -0.979. The van der Waals surface area contributed by atoms with Gasteiger partial charge in [0.15, 0.2) is 0 Å². The predicted octanol–water partition coefficient (Wildman–Crippen LogP) is 2.77. The highest BCUT2D eigenvalue weighted by Gasteiger charge is 2.45. The summed E-state index contributed by atoms with van der Waals surface area (Å²) in [7, 11) is 0. The van der Waals surface area contributed by atoms with Crippen LogP contribution in [-0.4, -0.2) is 88.8 Å². The van der Waals surface area contributed by atoms with Gasteiger partial charge >= 0.3 is 0 Å². The van der Waals surface area contributed by atoms with Crippen LogP contribution >= 0.6 is 0 Å². The molecule has 6 rings (SSSR count). The Kier molecular flexibility index (Phi) is 8.11. The van der Waals surface area contributed by atoms with E-state index in [0.717, 1.165) is 49.6 Å². The molecule has 0 bridgehead atoms. The van der Waals surface area contributed by atoms with Crippen LogP contribution in [0.3, 0.4) is 0 Å². The second-order valence-corrected chi connectivity index (χ2v) is 11.9. The maximum absolute atomic E-state index is 13.3. The van der Waals surface area contributed by atoms with Crippen molar-refractivity contribution in [3.63, 3.8) is 0 Å². The average molecular weight is 574 g/mol. The maximum Gasteiger partial charge on any atom is 0.264 e. The summed E-state index contributed by atoms with van der Waals surface area (Å²) in [5.74, 6) is -2.02. The standard InChI is InChI=1S/C32H39N5O5/c1-3-36(19-24-12-7-20(2)42-24)23-17-35(18-23)16-22-10-8-21(9-11-22)15-33-26-6-4-5-25-29(26)32(41)37(31(25)40)27-13-14-28(38)34-30(27)39/h4-6,8-11,20,23-24,27,33H,3,7,12-19H2,1-2H3,(H,34,38,39). The number of hydrogen-bond donors (Lipinski definition) is 2. The second-order valence-electron chi connectivity index (χ2n) is 11.9. The molecule has 0 spiro atoms. The van der Waals surface area contributed by atoms with E-state index in [0.29, 0.717) is 30.5 Å². The smallest absolute Gasteiger partial charge is 0.264 e. The molecule has 10 heteroatoms. The van der Waals surface area contributed by atoms with Crippen LogP contribution in [0.5, 0.6) is 0 Å². The molecule has 3 atom stereocenters. The van der Waals surface area contributed by atoms with Crippen molar-refractivity contribution < 1.29 is 23.9 Å². The molecular formula is C32H39N5O5. The van der Waals surface area contributed by atoms with E-state index in [1.54, 1.807) is 18.2 Å². The van der Waals surface area contributed by atoms with Crippen LogP contribution < -0.4 is 10.6 Å². The quantitative estimate of drug-likeness (QED) is 0.418. The molecule has 4 amide bonds. The summed E-state index contributed by atoms with van der Waals surface area (Å²) in [5, 5.41) is 5.55. The highest BCUT2D eigenvalue weighted by Crippen LogP contribution is 2.32. The average Bonchev–Trinajstić information content (AvgIpc) is 3.48. The van der Waals surface area contributed by atoms with Crippen LogP contribution in [0.15, 0.2) is 42.5 Å². The van der Waals surface area contributed by atoms with Gasteiger partial charge in [-0.25, -0.2) is 0 Å². The number of anilines is 1. The number of ether oxygens (including phenoxy) is 1. The van der Waals surface area contributed by atoms with E-state index in [-0.39, 0.29) is 24.0 Å². The Morgan fingerprint density at radius 3 is 2.43 bits per heavy atom. The van der Waals surface area contributed by atoms with Gasteiger partial charge in [-0.15, -0.1) is 0 Å². The summed E-state index contributed by atoms with van der Waals surface area (Å²) < 4.78 is 6.04. The third kappa shape index (κ3) is 5.71. The molecule has 2 N–H and O–H groups in total. The molecule has 222 valence electrons.